The Hall–Kier alpha value is -1.23. The van der Waals surface area contributed by atoms with E-state index in [4.69, 9.17) is 4.74 Å². The summed E-state index contributed by atoms with van der Waals surface area (Å²) in [7, 11) is 0. The third-order valence-electron chi connectivity index (χ3n) is 1.00. The SMILES string of the molecule is CC(C)(C)OC(=O)[N+]1C=CN=N1. The molecule has 0 saturated heterocycles. The van der Waals surface area contributed by atoms with Crippen LogP contribution >= 0.6 is 0 Å². The lowest BCUT2D eigenvalue weighted by Gasteiger charge is -2.15. The second-order valence-corrected chi connectivity index (χ2v) is 3.33. The van der Waals surface area contributed by atoms with Crippen molar-refractivity contribution in [3.63, 3.8) is 0 Å². The second kappa shape index (κ2) is 3.02. The first kappa shape index (κ1) is 8.86. The van der Waals surface area contributed by atoms with Crippen molar-refractivity contribution >= 4 is 6.09 Å². The maximum atomic E-state index is 11.2. The minimum Gasteiger partial charge on any atom is -0.408 e. The van der Waals surface area contributed by atoms with Gasteiger partial charge in [-0.2, -0.15) is 4.79 Å². The largest absolute Gasteiger partial charge is 0.605 e. The monoisotopic (exact) mass is 169 g/mol. The van der Waals surface area contributed by atoms with Crippen LogP contribution in [0.1, 0.15) is 20.8 Å². The molecule has 0 N–H and O–H groups in total. The molecule has 65 valence electrons. The summed E-state index contributed by atoms with van der Waals surface area (Å²) in [6.45, 7) is 5.38. The topological polar surface area (TPSA) is 56.9 Å². The molecule has 1 aliphatic heterocycles. The predicted octanol–water partition coefficient (Wildman–Crippen LogP) is 1.91. The Kier molecular flexibility index (Phi) is 2.23. The van der Waals surface area contributed by atoms with Gasteiger partial charge in [-0.1, -0.05) is 5.11 Å². The summed E-state index contributed by atoms with van der Waals surface area (Å²) in [5, 5.41) is 8.02. The summed E-state index contributed by atoms with van der Waals surface area (Å²) in [4.78, 5) is 11.2. The second-order valence-electron chi connectivity index (χ2n) is 3.33. The summed E-state index contributed by atoms with van der Waals surface area (Å²) >= 11 is 0. The lowest BCUT2D eigenvalue weighted by Crippen LogP contribution is -2.33. The predicted molar refractivity (Wildman–Crippen MR) is 42.4 cm³/mol. The van der Waals surface area contributed by atoms with Crippen molar-refractivity contribution in [2.24, 2.45) is 10.3 Å². The van der Waals surface area contributed by atoms with E-state index in [1.807, 2.05) is 0 Å². The highest BCUT2D eigenvalue weighted by Gasteiger charge is 2.34. The molecule has 0 aromatic carbocycles. The van der Waals surface area contributed by atoms with Crippen LogP contribution in [0, 0.1) is 0 Å². The van der Waals surface area contributed by atoms with Crippen molar-refractivity contribution in [3.8, 4) is 0 Å². The van der Waals surface area contributed by atoms with Crippen molar-refractivity contribution in [2.75, 3.05) is 0 Å². The number of hydrogen-bond donors (Lipinski definition) is 0. The molecule has 0 spiro atoms. The molecule has 1 radical (unpaired) electrons. The van der Waals surface area contributed by atoms with E-state index in [0.29, 0.717) is 0 Å². The van der Waals surface area contributed by atoms with Crippen molar-refractivity contribution < 1.29 is 9.53 Å². The molecule has 0 unspecified atom stereocenters. The van der Waals surface area contributed by atoms with Gasteiger partial charge in [-0.05, 0) is 20.8 Å². The van der Waals surface area contributed by atoms with Gasteiger partial charge in [0, 0.05) is 0 Å². The molecule has 1 heterocycles. The van der Waals surface area contributed by atoms with E-state index in [-0.39, 0.29) is 0 Å². The minimum absolute atomic E-state index is 0.497. The first-order valence-electron chi connectivity index (χ1n) is 3.59. The van der Waals surface area contributed by atoms with Gasteiger partial charge in [0.1, 0.15) is 22.0 Å². The number of carbonyl (C=O) groups excluding carboxylic acids is 1. The van der Waals surface area contributed by atoms with E-state index in [9.17, 15) is 4.79 Å². The molecular formula is C7H11N3O2+. The molecular weight excluding hydrogens is 158 g/mol. The van der Waals surface area contributed by atoms with Gasteiger partial charge in [0.05, 0.1) is 0 Å². The van der Waals surface area contributed by atoms with E-state index in [1.54, 1.807) is 20.8 Å². The zero-order chi connectivity index (χ0) is 9.19. The standard InChI is InChI=1S/C7H11N3O2/c1-7(2,3)12-6(11)10-5-4-8-9-10/h4-5H,1-3H3/q+1. The quantitative estimate of drug-likeness (QED) is 0.520. The van der Waals surface area contributed by atoms with Crippen LogP contribution in [-0.2, 0) is 4.74 Å². The summed E-state index contributed by atoms with van der Waals surface area (Å²) in [5.74, 6) is 0. The Morgan fingerprint density at radius 2 is 2.17 bits per heavy atom. The number of carbonyl (C=O) groups is 1. The summed E-state index contributed by atoms with van der Waals surface area (Å²) in [6, 6.07) is 0. The molecule has 1 amide bonds. The zero-order valence-corrected chi connectivity index (χ0v) is 7.31. The molecule has 5 nitrogen and oxygen atoms in total. The highest BCUT2D eigenvalue weighted by atomic mass is 16.6. The first-order chi connectivity index (χ1) is 5.49. The van der Waals surface area contributed by atoms with Crippen LogP contribution in [0.3, 0.4) is 0 Å². The molecule has 0 aromatic heterocycles. The molecule has 0 atom stereocenters. The molecule has 5 heteroatoms. The van der Waals surface area contributed by atoms with Gasteiger partial charge in [0.25, 0.3) is 0 Å². The summed E-state index contributed by atoms with van der Waals surface area (Å²) in [5.41, 5.74) is -0.497. The lowest BCUT2D eigenvalue weighted by atomic mass is 10.2. The number of ether oxygens (including phenoxy) is 1. The minimum atomic E-state index is -0.514. The number of amides is 1. The van der Waals surface area contributed by atoms with Crippen LogP contribution in [0.25, 0.3) is 0 Å². The molecule has 1 rings (SSSR count). The molecule has 0 aliphatic carbocycles. The van der Waals surface area contributed by atoms with E-state index >= 15 is 0 Å². The van der Waals surface area contributed by atoms with E-state index in [1.165, 1.54) is 12.4 Å². The van der Waals surface area contributed by atoms with Crippen molar-refractivity contribution in [3.05, 3.63) is 12.4 Å². The highest BCUT2D eigenvalue weighted by Crippen LogP contribution is 2.10. The van der Waals surface area contributed by atoms with Gasteiger partial charge in [0.15, 0.2) is 0 Å². The van der Waals surface area contributed by atoms with Gasteiger partial charge in [0.2, 0.25) is 6.20 Å². The Balaban J connectivity index is 2.49. The van der Waals surface area contributed by atoms with Crippen LogP contribution in [0.2, 0.25) is 0 Å². The summed E-state index contributed by atoms with van der Waals surface area (Å²) < 4.78 is 5.00. The Morgan fingerprint density at radius 3 is 2.58 bits per heavy atom. The van der Waals surface area contributed by atoms with Crippen LogP contribution < -0.4 is 5.01 Å². The van der Waals surface area contributed by atoms with Crippen molar-refractivity contribution in [1.82, 2.24) is 5.01 Å². The van der Waals surface area contributed by atoms with Crippen LogP contribution in [0.4, 0.5) is 4.79 Å². The van der Waals surface area contributed by atoms with E-state index in [0.717, 1.165) is 5.01 Å². The Bertz CT molecular complexity index is 228. The maximum Gasteiger partial charge on any atom is 0.605 e. The number of nitrogens with zero attached hydrogens (tertiary/aromatic N) is 3. The Morgan fingerprint density at radius 1 is 1.50 bits per heavy atom. The highest BCUT2D eigenvalue weighted by molar-refractivity contribution is 5.71. The van der Waals surface area contributed by atoms with Gasteiger partial charge >= 0.3 is 6.09 Å². The van der Waals surface area contributed by atoms with Gasteiger partial charge < -0.3 is 4.74 Å². The lowest BCUT2D eigenvalue weighted by molar-refractivity contribution is 0.0449. The van der Waals surface area contributed by atoms with Crippen molar-refractivity contribution in [2.45, 2.75) is 26.4 Å². The van der Waals surface area contributed by atoms with Crippen LogP contribution in [0.15, 0.2) is 22.7 Å². The molecule has 0 aromatic rings. The number of hydrogen-bond acceptors (Lipinski definition) is 4. The van der Waals surface area contributed by atoms with Gasteiger partial charge in [-0.15, -0.1) is 0 Å². The third kappa shape index (κ3) is 2.43. The molecule has 1 aliphatic rings. The van der Waals surface area contributed by atoms with E-state index < -0.39 is 11.7 Å². The van der Waals surface area contributed by atoms with Gasteiger partial charge in [-0.25, -0.2) is 0 Å². The van der Waals surface area contributed by atoms with Crippen molar-refractivity contribution in [1.29, 1.82) is 0 Å². The maximum absolute atomic E-state index is 11.2. The van der Waals surface area contributed by atoms with Gasteiger partial charge in [-0.3, -0.25) is 0 Å². The van der Waals surface area contributed by atoms with E-state index in [2.05, 4.69) is 10.3 Å². The molecule has 12 heavy (non-hydrogen) atoms. The first-order valence-corrected chi connectivity index (χ1v) is 3.59. The smallest absolute Gasteiger partial charge is 0.408 e. The fourth-order valence-electron chi connectivity index (χ4n) is 0.614. The van der Waals surface area contributed by atoms with Crippen LogP contribution in [0.5, 0.6) is 0 Å². The average Bonchev–Trinajstić information content (AvgIpc) is 2.32. The van der Waals surface area contributed by atoms with Crippen LogP contribution in [-0.4, -0.2) is 11.7 Å². The fraction of sp³-hybridized carbons (Fsp3) is 0.571. The Labute approximate surface area is 70.7 Å². The normalized spacial score (nSPS) is 16.9. The zero-order valence-electron chi connectivity index (χ0n) is 7.31. The average molecular weight is 169 g/mol. The fourth-order valence-corrected chi connectivity index (χ4v) is 0.614. The number of rotatable bonds is 0. The molecule has 0 fully saturated rings. The molecule has 0 saturated carbocycles. The molecule has 0 bridgehead atoms. The summed E-state index contributed by atoms with van der Waals surface area (Å²) in [6.07, 6.45) is 2.35. The third-order valence-corrected chi connectivity index (χ3v) is 1.00.